The van der Waals surface area contributed by atoms with Gasteiger partial charge in [0.2, 0.25) is 0 Å². The lowest BCUT2D eigenvalue weighted by molar-refractivity contribution is 0.249. The Morgan fingerprint density at radius 1 is 1.50 bits per heavy atom. The van der Waals surface area contributed by atoms with Crippen LogP contribution in [0, 0.1) is 0 Å². The molecule has 0 heterocycles. The molecule has 5 nitrogen and oxygen atoms in total. The summed E-state index contributed by atoms with van der Waals surface area (Å²) in [4.78, 5) is 10.3. The number of primary amides is 1. The number of hydrogen-bond acceptors (Lipinski definition) is 3. The third kappa shape index (κ3) is 3.83. The van der Waals surface area contributed by atoms with Gasteiger partial charge in [-0.25, -0.2) is 10.2 Å². The quantitative estimate of drug-likeness (QED) is 0.592. The molecule has 0 saturated heterocycles. The topological polar surface area (TPSA) is 76.7 Å². The summed E-state index contributed by atoms with van der Waals surface area (Å²) < 4.78 is 5.16. The standard InChI is InChI=1S/C11H13N3O2/c1-16-10-7-3-2-5-9(10)6-4-8-13-14-11(12)15/h2-8H,1H3,(H3,12,14,15). The number of carbonyl (C=O) groups excluding carboxylic acids is 1. The number of rotatable bonds is 4. The number of para-hydroxylation sites is 1. The van der Waals surface area contributed by atoms with E-state index in [1.807, 2.05) is 30.3 Å². The van der Waals surface area contributed by atoms with Crippen molar-refractivity contribution in [2.24, 2.45) is 10.8 Å². The van der Waals surface area contributed by atoms with Crippen LogP contribution in [0.3, 0.4) is 0 Å². The number of carbonyl (C=O) groups is 1. The molecule has 0 bridgehead atoms. The highest BCUT2D eigenvalue weighted by atomic mass is 16.5. The van der Waals surface area contributed by atoms with Crippen molar-refractivity contribution in [2.45, 2.75) is 0 Å². The second-order valence-corrected chi connectivity index (χ2v) is 2.86. The van der Waals surface area contributed by atoms with E-state index >= 15 is 0 Å². The Labute approximate surface area is 93.6 Å². The van der Waals surface area contributed by atoms with Gasteiger partial charge in [0.1, 0.15) is 5.75 Å². The highest BCUT2D eigenvalue weighted by molar-refractivity contribution is 5.80. The van der Waals surface area contributed by atoms with Gasteiger partial charge >= 0.3 is 6.03 Å². The van der Waals surface area contributed by atoms with Gasteiger partial charge in [-0.3, -0.25) is 0 Å². The van der Waals surface area contributed by atoms with Crippen molar-refractivity contribution >= 4 is 18.3 Å². The second kappa shape index (κ2) is 6.23. The highest BCUT2D eigenvalue weighted by Gasteiger charge is 1.94. The van der Waals surface area contributed by atoms with E-state index in [4.69, 9.17) is 10.5 Å². The number of nitrogens with zero attached hydrogens (tertiary/aromatic N) is 1. The van der Waals surface area contributed by atoms with E-state index in [1.165, 1.54) is 6.21 Å². The van der Waals surface area contributed by atoms with Crippen molar-refractivity contribution in [1.29, 1.82) is 0 Å². The predicted octanol–water partition coefficient (Wildman–Crippen LogP) is 1.36. The number of allylic oxidation sites excluding steroid dienone is 1. The molecule has 3 N–H and O–H groups in total. The lowest BCUT2D eigenvalue weighted by atomic mass is 10.2. The molecule has 16 heavy (non-hydrogen) atoms. The van der Waals surface area contributed by atoms with Crippen LogP contribution in [0.25, 0.3) is 6.08 Å². The van der Waals surface area contributed by atoms with E-state index in [1.54, 1.807) is 13.2 Å². The first-order chi connectivity index (χ1) is 7.74. The molecule has 0 aliphatic carbocycles. The minimum Gasteiger partial charge on any atom is -0.496 e. The number of ether oxygens (including phenoxy) is 1. The number of nitrogens with two attached hydrogens (primary N) is 1. The molecule has 0 aromatic heterocycles. The number of hydrazone groups is 1. The van der Waals surface area contributed by atoms with Crippen molar-refractivity contribution in [3.05, 3.63) is 35.9 Å². The van der Waals surface area contributed by atoms with Crippen LogP contribution >= 0.6 is 0 Å². The van der Waals surface area contributed by atoms with Gasteiger partial charge in [-0.15, -0.1) is 0 Å². The van der Waals surface area contributed by atoms with Crippen LogP contribution in [0.15, 0.2) is 35.4 Å². The number of nitrogens with one attached hydrogen (secondary N) is 1. The van der Waals surface area contributed by atoms with Gasteiger partial charge in [0.15, 0.2) is 0 Å². The molecule has 0 unspecified atom stereocenters. The zero-order valence-corrected chi connectivity index (χ0v) is 8.88. The van der Waals surface area contributed by atoms with Gasteiger partial charge in [0, 0.05) is 11.8 Å². The molecule has 1 aromatic carbocycles. The normalized spacial score (nSPS) is 10.8. The molecular formula is C11H13N3O2. The summed E-state index contributed by atoms with van der Waals surface area (Å²) in [5.41, 5.74) is 7.84. The second-order valence-electron chi connectivity index (χ2n) is 2.86. The van der Waals surface area contributed by atoms with Crippen molar-refractivity contribution in [1.82, 2.24) is 5.43 Å². The van der Waals surface area contributed by atoms with Crippen LogP contribution in [0.2, 0.25) is 0 Å². The maximum atomic E-state index is 10.3. The SMILES string of the molecule is COc1ccccc1C=CC=NNC(N)=O. The monoisotopic (exact) mass is 219 g/mol. The maximum Gasteiger partial charge on any atom is 0.332 e. The maximum absolute atomic E-state index is 10.3. The molecule has 0 atom stereocenters. The summed E-state index contributed by atoms with van der Waals surface area (Å²) >= 11 is 0. The molecule has 1 aromatic rings. The summed E-state index contributed by atoms with van der Waals surface area (Å²) in [6.45, 7) is 0. The van der Waals surface area contributed by atoms with Gasteiger partial charge < -0.3 is 10.5 Å². The fourth-order valence-corrected chi connectivity index (χ4v) is 1.09. The van der Waals surface area contributed by atoms with Crippen molar-refractivity contribution in [3.63, 3.8) is 0 Å². The number of amides is 2. The average molecular weight is 219 g/mol. The van der Waals surface area contributed by atoms with Crippen LogP contribution in [0.5, 0.6) is 5.75 Å². The summed E-state index contributed by atoms with van der Waals surface area (Å²) in [6, 6.07) is 6.87. The lowest BCUT2D eigenvalue weighted by Crippen LogP contribution is -2.24. The van der Waals surface area contributed by atoms with Crippen molar-refractivity contribution in [3.8, 4) is 5.75 Å². The smallest absolute Gasteiger partial charge is 0.332 e. The fourth-order valence-electron chi connectivity index (χ4n) is 1.09. The summed E-state index contributed by atoms with van der Waals surface area (Å²) in [7, 11) is 1.61. The highest BCUT2D eigenvalue weighted by Crippen LogP contribution is 2.18. The first-order valence-corrected chi connectivity index (χ1v) is 4.62. The Balaban J connectivity index is 2.62. The van der Waals surface area contributed by atoms with E-state index in [0.717, 1.165) is 11.3 Å². The van der Waals surface area contributed by atoms with Gasteiger partial charge in [0.25, 0.3) is 0 Å². The summed E-state index contributed by atoms with van der Waals surface area (Å²) in [5, 5.41) is 3.56. The number of urea groups is 1. The molecule has 0 aliphatic rings. The minimum atomic E-state index is -0.693. The first-order valence-electron chi connectivity index (χ1n) is 4.62. The minimum absolute atomic E-state index is 0.693. The van der Waals surface area contributed by atoms with Gasteiger partial charge in [-0.1, -0.05) is 18.2 Å². The molecule has 84 valence electrons. The number of methoxy groups -OCH3 is 1. The Morgan fingerprint density at radius 3 is 2.94 bits per heavy atom. The van der Waals surface area contributed by atoms with E-state index < -0.39 is 6.03 Å². The van der Waals surface area contributed by atoms with Gasteiger partial charge in [-0.05, 0) is 18.2 Å². The molecule has 2 amide bonds. The van der Waals surface area contributed by atoms with Gasteiger partial charge in [-0.2, -0.15) is 5.10 Å². The molecule has 0 fully saturated rings. The zero-order valence-electron chi connectivity index (χ0n) is 8.88. The van der Waals surface area contributed by atoms with Crippen LogP contribution < -0.4 is 15.9 Å². The molecule has 0 saturated carbocycles. The van der Waals surface area contributed by atoms with Crippen LogP contribution in [-0.4, -0.2) is 19.4 Å². The summed E-state index contributed by atoms with van der Waals surface area (Å²) in [6.07, 6.45) is 4.91. The fraction of sp³-hybridized carbons (Fsp3) is 0.0909. The molecule has 0 spiro atoms. The van der Waals surface area contributed by atoms with E-state index in [0.29, 0.717) is 0 Å². The van der Waals surface area contributed by atoms with Crippen LogP contribution in [0.1, 0.15) is 5.56 Å². The Hall–Kier alpha value is -2.30. The first kappa shape index (κ1) is 11.8. The lowest BCUT2D eigenvalue weighted by Gasteiger charge is -2.02. The molecule has 0 aliphatic heterocycles. The average Bonchev–Trinajstić information content (AvgIpc) is 2.29. The van der Waals surface area contributed by atoms with E-state index in [-0.39, 0.29) is 0 Å². The van der Waals surface area contributed by atoms with Crippen LogP contribution in [0.4, 0.5) is 4.79 Å². The Morgan fingerprint density at radius 2 is 2.25 bits per heavy atom. The molecule has 0 radical (unpaired) electrons. The zero-order chi connectivity index (χ0) is 11.8. The van der Waals surface area contributed by atoms with E-state index in [2.05, 4.69) is 10.5 Å². The third-order valence-electron chi connectivity index (χ3n) is 1.75. The Bertz CT molecular complexity index is 413. The largest absolute Gasteiger partial charge is 0.496 e. The third-order valence-corrected chi connectivity index (χ3v) is 1.75. The summed E-state index contributed by atoms with van der Waals surface area (Å²) in [5.74, 6) is 0.773. The number of hydrogen-bond donors (Lipinski definition) is 2. The number of benzene rings is 1. The molecule has 5 heteroatoms. The van der Waals surface area contributed by atoms with Crippen molar-refractivity contribution in [2.75, 3.05) is 7.11 Å². The van der Waals surface area contributed by atoms with Gasteiger partial charge in [0.05, 0.1) is 7.11 Å². The van der Waals surface area contributed by atoms with Crippen LogP contribution in [-0.2, 0) is 0 Å². The predicted molar refractivity (Wildman–Crippen MR) is 63.2 cm³/mol. The molecule has 1 rings (SSSR count). The Kier molecular flexibility index (Phi) is 4.59. The van der Waals surface area contributed by atoms with E-state index in [9.17, 15) is 4.79 Å². The molecular weight excluding hydrogens is 206 g/mol. The van der Waals surface area contributed by atoms with Crippen molar-refractivity contribution < 1.29 is 9.53 Å².